The van der Waals surface area contributed by atoms with Crippen LogP contribution in [0.2, 0.25) is 5.02 Å². The van der Waals surface area contributed by atoms with E-state index >= 15 is 0 Å². The summed E-state index contributed by atoms with van der Waals surface area (Å²) < 4.78 is 12.8. The molecule has 1 aliphatic rings. The van der Waals surface area contributed by atoms with Crippen LogP contribution in [0.4, 0.5) is 4.79 Å². The lowest BCUT2D eigenvalue weighted by atomic mass is 9.98. The molecule has 0 spiro atoms. The van der Waals surface area contributed by atoms with Crippen molar-refractivity contribution < 1.29 is 24.2 Å². The predicted octanol–water partition coefficient (Wildman–Crippen LogP) is 5.71. The fourth-order valence-corrected chi connectivity index (χ4v) is 4.89. The second kappa shape index (κ2) is 9.77. The number of amides is 1. The Labute approximate surface area is 209 Å². The molecule has 3 aromatic rings. The third-order valence-electron chi connectivity index (χ3n) is 6.07. The molecule has 3 heterocycles. The molecule has 4 rings (SSSR count). The summed E-state index contributed by atoms with van der Waals surface area (Å²) in [5, 5.41) is 11.6. The molecule has 0 radical (unpaired) electrons. The maximum absolute atomic E-state index is 12.7. The molecule has 0 bridgehead atoms. The number of nitrogens with zero attached hydrogens (tertiary/aromatic N) is 3. The molecular formula is C26H30ClN3O5. The molecule has 0 saturated carbocycles. The highest BCUT2D eigenvalue weighted by molar-refractivity contribution is 6.31. The summed E-state index contributed by atoms with van der Waals surface area (Å²) in [6.07, 6.45) is 2.95. The Hall–Kier alpha value is -3.26. The quantitative estimate of drug-likeness (QED) is 0.483. The summed E-state index contributed by atoms with van der Waals surface area (Å²) in [5.74, 6) is -0.662. The number of carboxylic acid groups (broad SMARTS) is 1. The number of carboxylic acids is 1. The van der Waals surface area contributed by atoms with Gasteiger partial charge in [0.2, 0.25) is 5.88 Å². The number of rotatable bonds is 5. The minimum absolute atomic E-state index is 0.0595. The van der Waals surface area contributed by atoms with Crippen LogP contribution < -0.4 is 4.74 Å². The zero-order chi connectivity index (χ0) is 25.3. The van der Waals surface area contributed by atoms with Gasteiger partial charge in [-0.25, -0.2) is 14.6 Å². The molecule has 1 aromatic carbocycles. The largest absolute Gasteiger partial charge is 0.481 e. The number of aromatic nitrogens is 2. The SMILES string of the molecule is COc1ncccc1-c1c(C(=O)O)n(CC2CCCN(C(=O)OC(C)(C)C)C2)c2ccc(Cl)cc12. The molecule has 1 unspecified atom stereocenters. The van der Waals surface area contributed by atoms with Gasteiger partial charge in [0.1, 0.15) is 11.3 Å². The number of hydrogen-bond acceptors (Lipinski definition) is 5. The fraction of sp³-hybridized carbons (Fsp3) is 0.423. The number of benzene rings is 1. The smallest absolute Gasteiger partial charge is 0.410 e. The van der Waals surface area contributed by atoms with Crippen LogP contribution in [-0.4, -0.2) is 57.4 Å². The Kier molecular flexibility index (Phi) is 6.94. The van der Waals surface area contributed by atoms with Gasteiger partial charge in [-0.1, -0.05) is 11.6 Å². The molecule has 0 aliphatic carbocycles. The van der Waals surface area contributed by atoms with Crippen LogP contribution in [0.15, 0.2) is 36.5 Å². The van der Waals surface area contributed by atoms with Crippen LogP contribution in [0.3, 0.4) is 0 Å². The molecule has 1 fully saturated rings. The highest BCUT2D eigenvalue weighted by Crippen LogP contribution is 2.40. The molecule has 1 aliphatic heterocycles. The van der Waals surface area contributed by atoms with E-state index in [2.05, 4.69) is 4.98 Å². The van der Waals surface area contributed by atoms with Gasteiger partial charge in [0.15, 0.2) is 0 Å². The minimum atomic E-state index is -1.06. The summed E-state index contributed by atoms with van der Waals surface area (Å²) in [6.45, 7) is 7.08. The van der Waals surface area contributed by atoms with Crippen molar-refractivity contribution in [1.29, 1.82) is 0 Å². The molecular weight excluding hydrogens is 470 g/mol. The van der Waals surface area contributed by atoms with Gasteiger partial charge in [0.05, 0.1) is 7.11 Å². The predicted molar refractivity (Wildman–Crippen MR) is 134 cm³/mol. The summed E-state index contributed by atoms with van der Waals surface area (Å²) in [7, 11) is 1.51. The number of carbonyl (C=O) groups excluding carboxylic acids is 1. The van der Waals surface area contributed by atoms with E-state index in [1.165, 1.54) is 7.11 Å². The normalized spacial score (nSPS) is 16.4. The molecule has 186 valence electrons. The molecule has 1 atom stereocenters. The average molecular weight is 500 g/mol. The van der Waals surface area contributed by atoms with Gasteiger partial charge in [-0.15, -0.1) is 0 Å². The van der Waals surface area contributed by atoms with E-state index in [4.69, 9.17) is 21.1 Å². The summed E-state index contributed by atoms with van der Waals surface area (Å²) in [4.78, 5) is 31.3. The van der Waals surface area contributed by atoms with E-state index in [0.29, 0.717) is 47.1 Å². The Balaban J connectivity index is 1.78. The first-order chi connectivity index (χ1) is 16.6. The third-order valence-corrected chi connectivity index (χ3v) is 6.31. The van der Waals surface area contributed by atoms with Gasteiger partial charge in [-0.05, 0) is 69.9 Å². The van der Waals surface area contributed by atoms with E-state index in [1.807, 2.05) is 31.4 Å². The first-order valence-electron chi connectivity index (χ1n) is 11.6. The fourth-order valence-electron chi connectivity index (χ4n) is 4.72. The zero-order valence-electron chi connectivity index (χ0n) is 20.4. The van der Waals surface area contributed by atoms with Crippen molar-refractivity contribution in [3.63, 3.8) is 0 Å². The highest BCUT2D eigenvalue weighted by Gasteiger charge is 2.31. The van der Waals surface area contributed by atoms with E-state index < -0.39 is 11.6 Å². The molecule has 2 aromatic heterocycles. The van der Waals surface area contributed by atoms with Gasteiger partial charge in [0.25, 0.3) is 0 Å². The molecule has 1 N–H and O–H groups in total. The van der Waals surface area contributed by atoms with Crippen LogP contribution in [0, 0.1) is 5.92 Å². The number of carbonyl (C=O) groups is 2. The van der Waals surface area contributed by atoms with Crippen molar-refractivity contribution in [1.82, 2.24) is 14.5 Å². The van der Waals surface area contributed by atoms with Crippen molar-refractivity contribution in [2.24, 2.45) is 5.92 Å². The first kappa shape index (κ1) is 24.9. The maximum Gasteiger partial charge on any atom is 0.410 e. The van der Waals surface area contributed by atoms with Crippen LogP contribution in [0.1, 0.15) is 44.1 Å². The van der Waals surface area contributed by atoms with E-state index in [0.717, 1.165) is 18.4 Å². The highest BCUT2D eigenvalue weighted by atomic mass is 35.5. The molecule has 1 amide bonds. The third kappa shape index (κ3) is 5.22. The summed E-state index contributed by atoms with van der Waals surface area (Å²) in [6, 6.07) is 8.91. The monoisotopic (exact) mass is 499 g/mol. The van der Waals surface area contributed by atoms with Crippen molar-refractivity contribution in [2.45, 2.75) is 45.8 Å². The van der Waals surface area contributed by atoms with Gasteiger partial charge in [-0.3, -0.25) is 0 Å². The maximum atomic E-state index is 12.7. The number of halogens is 1. The van der Waals surface area contributed by atoms with Crippen molar-refractivity contribution in [3.8, 4) is 17.0 Å². The summed E-state index contributed by atoms with van der Waals surface area (Å²) in [5.41, 5.74) is 1.41. The number of ether oxygens (including phenoxy) is 2. The van der Waals surface area contributed by atoms with Crippen LogP contribution in [-0.2, 0) is 11.3 Å². The molecule has 35 heavy (non-hydrogen) atoms. The second-order valence-corrected chi connectivity index (χ2v) is 10.2. The number of hydrogen-bond donors (Lipinski definition) is 1. The van der Waals surface area contributed by atoms with Crippen LogP contribution in [0.25, 0.3) is 22.0 Å². The number of pyridine rings is 1. The minimum Gasteiger partial charge on any atom is -0.481 e. The average Bonchev–Trinajstić information content (AvgIpc) is 3.11. The topological polar surface area (TPSA) is 93.9 Å². The Bertz CT molecular complexity index is 1260. The second-order valence-electron chi connectivity index (χ2n) is 9.80. The van der Waals surface area contributed by atoms with Gasteiger partial charge in [-0.2, -0.15) is 0 Å². The molecule has 1 saturated heterocycles. The Morgan fingerprint density at radius 2 is 2.03 bits per heavy atom. The number of aromatic carboxylic acids is 1. The lowest BCUT2D eigenvalue weighted by molar-refractivity contribution is 0.0156. The number of methoxy groups -OCH3 is 1. The van der Waals surface area contributed by atoms with Gasteiger partial charge >= 0.3 is 12.1 Å². The van der Waals surface area contributed by atoms with Crippen molar-refractivity contribution in [3.05, 3.63) is 47.2 Å². The zero-order valence-corrected chi connectivity index (χ0v) is 21.1. The van der Waals surface area contributed by atoms with Crippen LogP contribution in [0.5, 0.6) is 5.88 Å². The number of piperidine rings is 1. The lowest BCUT2D eigenvalue weighted by Crippen LogP contribution is -2.43. The molecule has 9 heteroatoms. The Morgan fingerprint density at radius 3 is 2.71 bits per heavy atom. The number of likely N-dealkylation sites (tertiary alicyclic amines) is 1. The standard InChI is InChI=1S/C26H30ClN3O5/c1-26(2,3)35-25(33)29-12-6-7-16(14-29)15-30-20-10-9-17(27)13-19(20)21(22(30)24(31)32)18-8-5-11-28-23(18)34-4/h5,8-11,13,16H,6-7,12,14-15H2,1-4H3,(H,31,32). The number of fused-ring (bicyclic) bond motifs is 1. The first-order valence-corrected chi connectivity index (χ1v) is 12.0. The van der Waals surface area contributed by atoms with Crippen molar-refractivity contribution >= 4 is 34.6 Å². The van der Waals surface area contributed by atoms with E-state index in [1.54, 1.807) is 35.4 Å². The van der Waals surface area contributed by atoms with Crippen LogP contribution >= 0.6 is 11.6 Å². The molecule has 8 nitrogen and oxygen atoms in total. The van der Waals surface area contributed by atoms with Gasteiger partial charge < -0.3 is 24.0 Å². The lowest BCUT2D eigenvalue weighted by Gasteiger charge is -2.34. The van der Waals surface area contributed by atoms with E-state index in [9.17, 15) is 14.7 Å². The van der Waals surface area contributed by atoms with E-state index in [-0.39, 0.29) is 17.7 Å². The van der Waals surface area contributed by atoms with Crippen molar-refractivity contribution in [2.75, 3.05) is 20.2 Å². The Morgan fingerprint density at radius 1 is 1.26 bits per heavy atom. The summed E-state index contributed by atoms with van der Waals surface area (Å²) >= 11 is 6.33. The van der Waals surface area contributed by atoms with Gasteiger partial charge in [0, 0.05) is 52.9 Å².